The van der Waals surface area contributed by atoms with E-state index in [1.54, 1.807) is 6.92 Å². The molecule has 1 atom stereocenters. The van der Waals surface area contributed by atoms with Crippen molar-refractivity contribution in [1.82, 2.24) is 5.32 Å². The van der Waals surface area contributed by atoms with Crippen molar-refractivity contribution in [2.24, 2.45) is 0 Å². The van der Waals surface area contributed by atoms with Crippen LogP contribution < -0.4 is 5.32 Å². The quantitative estimate of drug-likeness (QED) is 0.644. The molecule has 1 aromatic carbocycles. The maximum Gasteiger partial charge on any atom is 0.416 e. The second-order valence-electron chi connectivity index (χ2n) is 3.75. The van der Waals surface area contributed by atoms with Crippen LogP contribution in [0.15, 0.2) is 18.2 Å². The number of nitrogens with one attached hydrogen (secondary N) is 1. The molecule has 0 spiro atoms. The summed E-state index contributed by atoms with van der Waals surface area (Å²) in [5.41, 5.74) is -0.927. The van der Waals surface area contributed by atoms with E-state index in [9.17, 15) is 17.6 Å². The maximum atomic E-state index is 13.6. The molecule has 1 N–H and O–H groups in total. The molecule has 1 rings (SSSR count). The van der Waals surface area contributed by atoms with Crippen LogP contribution in [0, 0.1) is 18.2 Å². The molecule has 98 valence electrons. The van der Waals surface area contributed by atoms with Crippen LogP contribution in [0.1, 0.15) is 30.5 Å². The van der Waals surface area contributed by atoms with Gasteiger partial charge in [0.15, 0.2) is 0 Å². The molecule has 0 bridgehead atoms. The lowest BCUT2D eigenvalue weighted by atomic mass is 10.0. The minimum Gasteiger partial charge on any atom is -0.309 e. The third-order valence-corrected chi connectivity index (χ3v) is 2.47. The van der Waals surface area contributed by atoms with Gasteiger partial charge in [-0.15, -0.1) is 12.3 Å². The maximum absolute atomic E-state index is 13.6. The number of hydrogen-bond acceptors (Lipinski definition) is 1. The van der Waals surface area contributed by atoms with E-state index >= 15 is 0 Å². The first kappa shape index (κ1) is 14.5. The summed E-state index contributed by atoms with van der Waals surface area (Å²) < 4.78 is 51.2. The molecular weight excluding hydrogens is 246 g/mol. The molecule has 0 radical (unpaired) electrons. The first-order valence-corrected chi connectivity index (χ1v) is 5.43. The fourth-order valence-electron chi connectivity index (χ4n) is 1.64. The normalized spacial score (nSPS) is 13.1. The molecule has 0 aliphatic carbocycles. The summed E-state index contributed by atoms with van der Waals surface area (Å²) in [4.78, 5) is 0. The monoisotopic (exact) mass is 259 g/mol. The molecule has 0 saturated carbocycles. The molecule has 0 aromatic heterocycles. The van der Waals surface area contributed by atoms with Gasteiger partial charge in [-0.1, -0.05) is 6.92 Å². The Bertz CT molecular complexity index is 445. The Labute approximate surface area is 103 Å². The number of halogens is 4. The lowest BCUT2D eigenvalue weighted by molar-refractivity contribution is -0.137. The van der Waals surface area contributed by atoms with Crippen LogP contribution >= 0.6 is 0 Å². The Balaban J connectivity index is 3.17. The van der Waals surface area contributed by atoms with Gasteiger partial charge < -0.3 is 5.32 Å². The lowest BCUT2D eigenvalue weighted by Gasteiger charge is -2.18. The Morgan fingerprint density at radius 3 is 2.56 bits per heavy atom. The zero-order valence-electron chi connectivity index (χ0n) is 9.81. The van der Waals surface area contributed by atoms with E-state index in [1.165, 1.54) is 0 Å². The van der Waals surface area contributed by atoms with Crippen LogP contribution in [0.5, 0.6) is 0 Å². The third-order valence-electron chi connectivity index (χ3n) is 2.47. The van der Waals surface area contributed by atoms with E-state index in [0.717, 1.165) is 18.2 Å². The first-order valence-electron chi connectivity index (χ1n) is 5.43. The van der Waals surface area contributed by atoms with Gasteiger partial charge in [-0.05, 0) is 24.7 Å². The van der Waals surface area contributed by atoms with Gasteiger partial charge in [-0.3, -0.25) is 0 Å². The molecule has 0 fully saturated rings. The van der Waals surface area contributed by atoms with Gasteiger partial charge in [-0.25, -0.2) is 4.39 Å². The van der Waals surface area contributed by atoms with Crippen molar-refractivity contribution in [2.45, 2.75) is 25.6 Å². The number of hydrogen-bond donors (Lipinski definition) is 1. The van der Waals surface area contributed by atoms with Crippen LogP contribution in [0.3, 0.4) is 0 Å². The van der Waals surface area contributed by atoms with Crippen molar-refractivity contribution in [2.75, 3.05) is 6.54 Å². The van der Waals surface area contributed by atoms with E-state index in [0.29, 0.717) is 6.54 Å². The van der Waals surface area contributed by atoms with Crippen molar-refractivity contribution in [1.29, 1.82) is 0 Å². The van der Waals surface area contributed by atoms with Gasteiger partial charge in [0.25, 0.3) is 0 Å². The largest absolute Gasteiger partial charge is 0.416 e. The molecule has 1 nitrogen and oxygen atoms in total. The lowest BCUT2D eigenvalue weighted by Crippen LogP contribution is -2.22. The zero-order valence-corrected chi connectivity index (χ0v) is 9.81. The van der Waals surface area contributed by atoms with Gasteiger partial charge in [0.1, 0.15) is 5.82 Å². The molecule has 0 saturated heterocycles. The summed E-state index contributed by atoms with van der Waals surface area (Å²) in [7, 11) is 0. The van der Waals surface area contributed by atoms with E-state index in [2.05, 4.69) is 11.2 Å². The molecule has 5 heteroatoms. The third kappa shape index (κ3) is 3.47. The fraction of sp³-hybridized carbons (Fsp3) is 0.385. The van der Waals surface area contributed by atoms with Gasteiger partial charge in [0.2, 0.25) is 0 Å². The number of benzene rings is 1. The van der Waals surface area contributed by atoms with Crippen LogP contribution in [0.25, 0.3) is 0 Å². The number of rotatable bonds is 4. The summed E-state index contributed by atoms with van der Waals surface area (Å²) in [6.07, 6.45) is 0.777. The topological polar surface area (TPSA) is 12.0 Å². The average Bonchev–Trinajstić information content (AvgIpc) is 2.28. The molecule has 1 unspecified atom stereocenters. The smallest absolute Gasteiger partial charge is 0.309 e. The SMILES string of the molecule is C#CCC(NCC)c1cc(C(F)(F)F)ccc1F. The van der Waals surface area contributed by atoms with Gasteiger partial charge in [-0.2, -0.15) is 13.2 Å². The highest BCUT2D eigenvalue weighted by molar-refractivity contribution is 5.30. The molecule has 0 heterocycles. The summed E-state index contributed by atoms with van der Waals surface area (Å²) >= 11 is 0. The Morgan fingerprint density at radius 1 is 1.39 bits per heavy atom. The van der Waals surface area contributed by atoms with Gasteiger partial charge >= 0.3 is 6.18 Å². The predicted octanol–water partition coefficient (Wildman–Crippen LogP) is 3.52. The highest BCUT2D eigenvalue weighted by atomic mass is 19.4. The fourth-order valence-corrected chi connectivity index (χ4v) is 1.64. The van der Waals surface area contributed by atoms with Crippen LogP contribution in [-0.4, -0.2) is 6.54 Å². The van der Waals surface area contributed by atoms with E-state index in [1.807, 2.05) is 0 Å². The Hall–Kier alpha value is -1.54. The van der Waals surface area contributed by atoms with Crippen molar-refractivity contribution in [3.63, 3.8) is 0 Å². The second-order valence-corrected chi connectivity index (χ2v) is 3.75. The summed E-state index contributed by atoms with van der Waals surface area (Å²) in [6.45, 7) is 2.26. The van der Waals surface area contributed by atoms with E-state index in [4.69, 9.17) is 6.42 Å². The standard InChI is InChI=1S/C13H13F4N/c1-3-5-12(18-4-2)10-8-9(13(15,16)17)6-7-11(10)14/h1,6-8,12,18H,4-5H2,2H3. The minimum atomic E-state index is -4.49. The highest BCUT2D eigenvalue weighted by Gasteiger charge is 2.31. The van der Waals surface area contributed by atoms with Crippen LogP contribution in [0.4, 0.5) is 17.6 Å². The number of terminal acetylenes is 1. The Morgan fingerprint density at radius 2 is 2.06 bits per heavy atom. The summed E-state index contributed by atoms with van der Waals surface area (Å²) in [5, 5.41) is 2.87. The van der Waals surface area contributed by atoms with Crippen molar-refractivity contribution >= 4 is 0 Å². The summed E-state index contributed by atoms with van der Waals surface area (Å²) in [5.74, 6) is 1.64. The van der Waals surface area contributed by atoms with Crippen molar-refractivity contribution in [3.05, 3.63) is 35.1 Å². The van der Waals surface area contributed by atoms with E-state index < -0.39 is 23.6 Å². The van der Waals surface area contributed by atoms with Gasteiger partial charge in [0, 0.05) is 18.0 Å². The minimum absolute atomic E-state index is 0.0513. The molecule has 0 amide bonds. The first-order chi connectivity index (χ1) is 8.40. The predicted molar refractivity (Wildman–Crippen MR) is 61.3 cm³/mol. The molecule has 1 aromatic rings. The molecule has 0 aliphatic rings. The Kier molecular flexibility index (Phi) is 4.74. The average molecular weight is 259 g/mol. The highest BCUT2D eigenvalue weighted by Crippen LogP contribution is 2.32. The molecule has 18 heavy (non-hydrogen) atoms. The number of alkyl halides is 3. The molecule has 0 aliphatic heterocycles. The zero-order chi connectivity index (χ0) is 13.8. The second kappa shape index (κ2) is 5.87. The van der Waals surface area contributed by atoms with Crippen LogP contribution in [0.2, 0.25) is 0 Å². The van der Waals surface area contributed by atoms with Crippen molar-refractivity contribution in [3.8, 4) is 12.3 Å². The van der Waals surface area contributed by atoms with E-state index in [-0.39, 0.29) is 12.0 Å². The van der Waals surface area contributed by atoms with Gasteiger partial charge in [0.05, 0.1) is 5.56 Å². The van der Waals surface area contributed by atoms with Crippen molar-refractivity contribution < 1.29 is 17.6 Å². The van der Waals surface area contributed by atoms with Crippen LogP contribution in [-0.2, 0) is 6.18 Å². The summed E-state index contributed by atoms with van der Waals surface area (Å²) in [6, 6.07) is 1.73. The molecular formula is C13H13F4N.